The molecule has 23 heavy (non-hydrogen) atoms. The summed E-state index contributed by atoms with van der Waals surface area (Å²) in [6.45, 7) is 2.49. The van der Waals surface area contributed by atoms with Gasteiger partial charge in [0.15, 0.2) is 0 Å². The first kappa shape index (κ1) is 17.5. The first-order valence-corrected chi connectivity index (χ1v) is 8.40. The fourth-order valence-corrected chi connectivity index (χ4v) is 3.30. The summed E-state index contributed by atoms with van der Waals surface area (Å²) >= 11 is 6.89. The van der Waals surface area contributed by atoms with Crippen molar-refractivity contribution in [2.45, 2.75) is 6.92 Å². The standard InChI is InChI=1S/C16H15Br2N3O2/c1-2-23-15-13(17)6-10(7-14(15)18)9-20-21-16(22)11-4-3-5-12(19)8-11/h3-9H,2,19H2,1H3,(H,21,22)/b20-9-. The lowest BCUT2D eigenvalue weighted by Crippen LogP contribution is -2.17. The third-order valence-electron chi connectivity index (χ3n) is 2.84. The number of benzene rings is 2. The molecular weight excluding hydrogens is 426 g/mol. The number of nitrogens with two attached hydrogens (primary N) is 1. The van der Waals surface area contributed by atoms with Crippen LogP contribution < -0.4 is 15.9 Å². The van der Waals surface area contributed by atoms with Crippen LogP contribution in [0.3, 0.4) is 0 Å². The minimum absolute atomic E-state index is 0.322. The Bertz CT molecular complexity index is 725. The summed E-state index contributed by atoms with van der Waals surface area (Å²) in [6.07, 6.45) is 1.55. The van der Waals surface area contributed by atoms with Crippen molar-refractivity contribution in [3.05, 3.63) is 56.5 Å². The summed E-state index contributed by atoms with van der Waals surface area (Å²) in [5.74, 6) is 0.408. The first-order chi connectivity index (χ1) is 11.0. The van der Waals surface area contributed by atoms with Crippen molar-refractivity contribution in [1.29, 1.82) is 0 Å². The number of nitrogens with one attached hydrogen (secondary N) is 1. The van der Waals surface area contributed by atoms with Crippen molar-refractivity contribution in [2.24, 2.45) is 5.10 Å². The van der Waals surface area contributed by atoms with Gasteiger partial charge in [-0.25, -0.2) is 5.43 Å². The van der Waals surface area contributed by atoms with Crippen LogP contribution in [0.15, 0.2) is 50.4 Å². The van der Waals surface area contributed by atoms with Gasteiger partial charge in [-0.15, -0.1) is 0 Å². The van der Waals surface area contributed by atoms with Crippen LogP contribution in [0.1, 0.15) is 22.8 Å². The number of anilines is 1. The molecule has 3 N–H and O–H groups in total. The smallest absolute Gasteiger partial charge is 0.271 e. The maximum absolute atomic E-state index is 11.9. The van der Waals surface area contributed by atoms with Crippen molar-refractivity contribution in [1.82, 2.24) is 5.43 Å². The SMILES string of the molecule is CCOc1c(Br)cc(/C=N\NC(=O)c2cccc(N)c2)cc1Br. The molecule has 0 bridgehead atoms. The average Bonchev–Trinajstić information content (AvgIpc) is 2.51. The number of ether oxygens (including phenoxy) is 1. The Balaban J connectivity index is 2.07. The third kappa shape index (κ3) is 4.80. The second-order valence-corrected chi connectivity index (χ2v) is 6.28. The molecule has 0 radical (unpaired) electrons. The number of nitrogen functional groups attached to an aromatic ring is 1. The van der Waals surface area contributed by atoms with Crippen LogP contribution in [0.4, 0.5) is 5.69 Å². The molecular formula is C16H15Br2N3O2. The van der Waals surface area contributed by atoms with Crippen molar-refractivity contribution < 1.29 is 9.53 Å². The molecule has 2 aromatic rings. The summed E-state index contributed by atoms with van der Waals surface area (Å²) in [4.78, 5) is 11.9. The largest absolute Gasteiger partial charge is 0.492 e. The van der Waals surface area contributed by atoms with Crippen LogP contribution in [0.25, 0.3) is 0 Å². The zero-order chi connectivity index (χ0) is 16.8. The van der Waals surface area contributed by atoms with Crippen LogP contribution >= 0.6 is 31.9 Å². The zero-order valence-electron chi connectivity index (χ0n) is 12.3. The van der Waals surface area contributed by atoms with Crippen molar-refractivity contribution in [3.8, 4) is 5.75 Å². The summed E-state index contributed by atoms with van der Waals surface area (Å²) in [5, 5.41) is 3.96. The summed E-state index contributed by atoms with van der Waals surface area (Å²) < 4.78 is 7.12. The van der Waals surface area contributed by atoms with Gasteiger partial charge in [-0.1, -0.05) is 6.07 Å². The molecule has 0 aliphatic heterocycles. The van der Waals surface area contributed by atoms with E-state index in [1.54, 1.807) is 30.5 Å². The summed E-state index contributed by atoms with van der Waals surface area (Å²) in [5.41, 5.74) is 9.90. The van der Waals surface area contributed by atoms with E-state index in [1.807, 2.05) is 19.1 Å². The molecule has 0 saturated heterocycles. The quantitative estimate of drug-likeness (QED) is 0.419. The molecule has 1 amide bonds. The van der Waals surface area contributed by atoms with Gasteiger partial charge in [0.2, 0.25) is 0 Å². The number of amides is 1. The maximum atomic E-state index is 11.9. The van der Waals surface area contributed by atoms with Crippen molar-refractivity contribution >= 4 is 49.7 Å². The van der Waals surface area contributed by atoms with Crippen LogP contribution in [-0.4, -0.2) is 18.7 Å². The Morgan fingerprint density at radius 1 is 1.30 bits per heavy atom. The van der Waals surface area contributed by atoms with Gasteiger partial charge in [0, 0.05) is 11.3 Å². The lowest BCUT2D eigenvalue weighted by molar-refractivity contribution is 0.0955. The molecule has 7 heteroatoms. The van der Waals surface area contributed by atoms with E-state index in [4.69, 9.17) is 10.5 Å². The number of carbonyl (C=O) groups excluding carboxylic acids is 1. The molecule has 5 nitrogen and oxygen atoms in total. The van der Waals surface area contributed by atoms with Gasteiger partial charge in [-0.05, 0) is 74.7 Å². The van der Waals surface area contributed by atoms with E-state index in [0.29, 0.717) is 17.9 Å². The number of nitrogens with zero attached hydrogens (tertiary/aromatic N) is 1. The highest BCUT2D eigenvalue weighted by atomic mass is 79.9. The first-order valence-electron chi connectivity index (χ1n) is 6.82. The third-order valence-corrected chi connectivity index (χ3v) is 4.02. The maximum Gasteiger partial charge on any atom is 0.271 e. The number of rotatable bonds is 5. The van der Waals surface area contributed by atoms with Crippen molar-refractivity contribution in [3.63, 3.8) is 0 Å². The van der Waals surface area contributed by atoms with E-state index >= 15 is 0 Å². The highest BCUT2D eigenvalue weighted by Crippen LogP contribution is 2.34. The molecule has 0 fully saturated rings. The minimum atomic E-state index is -0.322. The minimum Gasteiger partial charge on any atom is -0.492 e. The van der Waals surface area contributed by atoms with Gasteiger partial charge in [-0.3, -0.25) is 4.79 Å². The van der Waals surface area contributed by atoms with Gasteiger partial charge in [0.05, 0.1) is 21.8 Å². The van der Waals surface area contributed by atoms with Crippen LogP contribution in [0.2, 0.25) is 0 Å². The summed E-state index contributed by atoms with van der Waals surface area (Å²) in [6, 6.07) is 10.4. The summed E-state index contributed by atoms with van der Waals surface area (Å²) in [7, 11) is 0. The molecule has 2 aromatic carbocycles. The lowest BCUT2D eigenvalue weighted by atomic mass is 10.2. The highest BCUT2D eigenvalue weighted by molar-refractivity contribution is 9.11. The highest BCUT2D eigenvalue weighted by Gasteiger charge is 2.08. The predicted octanol–water partition coefficient (Wildman–Crippen LogP) is 3.96. The molecule has 0 spiro atoms. The Morgan fingerprint density at radius 2 is 2.00 bits per heavy atom. The monoisotopic (exact) mass is 439 g/mol. The van der Waals surface area contributed by atoms with E-state index in [0.717, 1.165) is 20.3 Å². The number of hydrazone groups is 1. The van der Waals surface area contributed by atoms with E-state index < -0.39 is 0 Å². The molecule has 0 saturated carbocycles. The number of carbonyl (C=O) groups is 1. The number of hydrogen-bond donors (Lipinski definition) is 2. The molecule has 120 valence electrons. The Kier molecular flexibility index (Phi) is 6.18. The molecule has 0 heterocycles. The second kappa shape index (κ2) is 8.12. The second-order valence-electron chi connectivity index (χ2n) is 4.57. The van der Waals surface area contributed by atoms with E-state index in [2.05, 4.69) is 42.4 Å². The molecule has 0 atom stereocenters. The number of halogens is 2. The fraction of sp³-hybridized carbons (Fsp3) is 0.125. The molecule has 2 rings (SSSR count). The van der Waals surface area contributed by atoms with Gasteiger partial charge in [0.25, 0.3) is 5.91 Å². The molecule has 0 aliphatic rings. The normalized spacial score (nSPS) is 10.7. The van der Waals surface area contributed by atoms with E-state index in [9.17, 15) is 4.79 Å². The lowest BCUT2D eigenvalue weighted by Gasteiger charge is -2.09. The van der Waals surface area contributed by atoms with Gasteiger partial charge in [-0.2, -0.15) is 5.10 Å². The Labute approximate surface area is 151 Å². The topological polar surface area (TPSA) is 76.7 Å². The fourth-order valence-electron chi connectivity index (χ4n) is 1.85. The van der Waals surface area contributed by atoms with Gasteiger partial charge < -0.3 is 10.5 Å². The molecule has 0 aliphatic carbocycles. The van der Waals surface area contributed by atoms with Gasteiger partial charge in [0.1, 0.15) is 5.75 Å². The Morgan fingerprint density at radius 3 is 2.61 bits per heavy atom. The van der Waals surface area contributed by atoms with E-state index in [-0.39, 0.29) is 5.91 Å². The van der Waals surface area contributed by atoms with Gasteiger partial charge >= 0.3 is 0 Å². The molecule has 0 unspecified atom stereocenters. The van der Waals surface area contributed by atoms with Crippen LogP contribution in [-0.2, 0) is 0 Å². The zero-order valence-corrected chi connectivity index (χ0v) is 15.5. The van der Waals surface area contributed by atoms with Crippen LogP contribution in [0.5, 0.6) is 5.75 Å². The van der Waals surface area contributed by atoms with E-state index in [1.165, 1.54) is 0 Å². The molecule has 0 aromatic heterocycles. The van der Waals surface area contributed by atoms with Crippen molar-refractivity contribution in [2.75, 3.05) is 12.3 Å². The van der Waals surface area contributed by atoms with Crippen LogP contribution in [0, 0.1) is 0 Å². The number of hydrogen-bond acceptors (Lipinski definition) is 4. The average molecular weight is 441 g/mol. The Hall–Kier alpha value is -1.86. The predicted molar refractivity (Wildman–Crippen MR) is 98.9 cm³/mol.